The lowest BCUT2D eigenvalue weighted by atomic mass is 10.1. The molecule has 3 heterocycles. The molecule has 28 heavy (non-hydrogen) atoms. The van der Waals surface area contributed by atoms with Crippen LogP contribution in [-0.4, -0.2) is 38.1 Å². The van der Waals surface area contributed by atoms with Gasteiger partial charge in [0.25, 0.3) is 11.5 Å². The summed E-state index contributed by atoms with van der Waals surface area (Å²) in [5, 5.41) is 0. The number of piperidine rings is 1. The van der Waals surface area contributed by atoms with E-state index in [0.29, 0.717) is 5.56 Å². The molecule has 10 heteroatoms. The largest absolute Gasteiger partial charge is 0.342 e. The minimum Gasteiger partial charge on any atom is -0.342 e. The molecule has 0 radical (unpaired) electrons. The predicted octanol–water partition coefficient (Wildman–Crippen LogP) is 1.85. The summed E-state index contributed by atoms with van der Waals surface area (Å²) in [5.74, 6) is -2.94. The Morgan fingerprint density at radius 1 is 1.18 bits per heavy atom. The zero-order chi connectivity index (χ0) is 20.1. The number of nitrogens with zero attached hydrogens (tertiary/aromatic N) is 4. The van der Waals surface area contributed by atoms with Crippen LogP contribution in [0.3, 0.4) is 0 Å². The number of anilines is 1. The van der Waals surface area contributed by atoms with Gasteiger partial charge in [0.2, 0.25) is 5.95 Å². The zero-order valence-corrected chi connectivity index (χ0v) is 15.1. The van der Waals surface area contributed by atoms with Crippen LogP contribution in [-0.2, 0) is 13.6 Å². The van der Waals surface area contributed by atoms with E-state index in [4.69, 9.17) is 0 Å². The van der Waals surface area contributed by atoms with Crippen molar-refractivity contribution in [3.05, 3.63) is 56.5 Å². The SMILES string of the molecule is Cn1c(=O)[nH]c(=O)c2c1nc(N1CCC(F)(F)CC1)n2Cc1ccccc1F. The Balaban J connectivity index is 1.90. The van der Waals surface area contributed by atoms with Gasteiger partial charge in [0.05, 0.1) is 6.54 Å². The average Bonchev–Trinajstić information content (AvgIpc) is 3.02. The molecule has 2 aromatic heterocycles. The minimum atomic E-state index is -2.75. The Labute approximate surface area is 157 Å². The number of imidazole rings is 1. The molecule has 0 unspecified atom stereocenters. The van der Waals surface area contributed by atoms with Crippen molar-refractivity contribution >= 4 is 17.1 Å². The molecule has 148 valence electrons. The lowest BCUT2D eigenvalue weighted by Gasteiger charge is -2.32. The fourth-order valence-electron chi connectivity index (χ4n) is 3.45. The van der Waals surface area contributed by atoms with Crippen molar-refractivity contribution in [2.75, 3.05) is 18.0 Å². The van der Waals surface area contributed by atoms with E-state index in [9.17, 15) is 22.8 Å². The fraction of sp³-hybridized carbons (Fsp3) is 0.389. The number of nitrogens with one attached hydrogen (secondary N) is 1. The van der Waals surface area contributed by atoms with Crippen LogP contribution in [0.4, 0.5) is 19.1 Å². The van der Waals surface area contributed by atoms with Crippen molar-refractivity contribution < 1.29 is 13.2 Å². The summed E-state index contributed by atoms with van der Waals surface area (Å²) in [5.41, 5.74) is -0.756. The number of hydrogen-bond donors (Lipinski definition) is 1. The lowest BCUT2D eigenvalue weighted by molar-refractivity contribution is -0.0223. The van der Waals surface area contributed by atoms with Crippen LogP contribution in [0.5, 0.6) is 0 Å². The molecule has 1 aliphatic rings. The van der Waals surface area contributed by atoms with Gasteiger partial charge in [0.15, 0.2) is 11.2 Å². The minimum absolute atomic E-state index is 0.0211. The molecule has 1 saturated heterocycles. The maximum atomic E-state index is 14.2. The maximum Gasteiger partial charge on any atom is 0.329 e. The standard InChI is InChI=1S/C18H18F3N5O2/c1-24-14-13(15(27)23-17(24)28)26(10-11-4-2-3-5-12(11)19)16(22-14)25-8-6-18(20,21)7-9-25/h2-5H,6-10H2,1H3,(H,23,27,28). The molecule has 7 nitrogen and oxygen atoms in total. The van der Waals surface area contributed by atoms with E-state index in [1.807, 2.05) is 0 Å². The smallest absolute Gasteiger partial charge is 0.329 e. The summed E-state index contributed by atoms with van der Waals surface area (Å²) in [6.45, 7) is 0.0611. The van der Waals surface area contributed by atoms with Gasteiger partial charge in [0.1, 0.15) is 5.82 Å². The van der Waals surface area contributed by atoms with Crippen molar-refractivity contribution in [2.24, 2.45) is 7.05 Å². The second-order valence-electron chi connectivity index (χ2n) is 6.92. The van der Waals surface area contributed by atoms with E-state index in [-0.39, 0.29) is 49.6 Å². The molecule has 0 aliphatic carbocycles. The molecule has 1 aliphatic heterocycles. The lowest BCUT2D eigenvalue weighted by Crippen LogP contribution is -2.40. The predicted molar refractivity (Wildman–Crippen MR) is 97.5 cm³/mol. The topological polar surface area (TPSA) is 75.9 Å². The molecular weight excluding hydrogens is 375 g/mol. The van der Waals surface area contributed by atoms with Crippen molar-refractivity contribution in [1.82, 2.24) is 19.1 Å². The number of aryl methyl sites for hydroxylation is 1. The first-order chi connectivity index (χ1) is 13.3. The van der Waals surface area contributed by atoms with Gasteiger partial charge in [-0.05, 0) is 6.07 Å². The Kier molecular flexibility index (Phi) is 4.28. The molecule has 1 fully saturated rings. The van der Waals surface area contributed by atoms with Gasteiger partial charge >= 0.3 is 5.69 Å². The number of aromatic amines is 1. The Hall–Kier alpha value is -3.04. The number of halogens is 3. The molecule has 3 aromatic rings. The number of aromatic nitrogens is 4. The van der Waals surface area contributed by atoms with Crippen LogP contribution in [0, 0.1) is 5.82 Å². The average molecular weight is 393 g/mol. The number of fused-ring (bicyclic) bond motifs is 1. The third-order valence-corrected chi connectivity index (χ3v) is 5.05. The third-order valence-electron chi connectivity index (χ3n) is 5.05. The monoisotopic (exact) mass is 393 g/mol. The van der Waals surface area contributed by atoms with Gasteiger partial charge in [-0.15, -0.1) is 0 Å². The quantitative estimate of drug-likeness (QED) is 0.737. The van der Waals surface area contributed by atoms with Crippen molar-refractivity contribution in [3.63, 3.8) is 0 Å². The molecule has 4 rings (SSSR count). The van der Waals surface area contributed by atoms with Crippen LogP contribution >= 0.6 is 0 Å². The molecule has 0 amide bonds. The molecule has 0 bridgehead atoms. The van der Waals surface area contributed by atoms with E-state index in [0.717, 1.165) is 0 Å². The molecule has 1 N–H and O–H groups in total. The van der Waals surface area contributed by atoms with Gasteiger partial charge in [0, 0.05) is 38.5 Å². The Morgan fingerprint density at radius 2 is 1.86 bits per heavy atom. The molecule has 1 aromatic carbocycles. The van der Waals surface area contributed by atoms with Gasteiger partial charge < -0.3 is 4.90 Å². The highest BCUT2D eigenvalue weighted by Crippen LogP contribution is 2.31. The van der Waals surface area contributed by atoms with E-state index >= 15 is 0 Å². The first-order valence-electron chi connectivity index (χ1n) is 8.82. The summed E-state index contributed by atoms with van der Waals surface area (Å²) < 4.78 is 44.0. The highest BCUT2D eigenvalue weighted by molar-refractivity contribution is 5.74. The van der Waals surface area contributed by atoms with Crippen LogP contribution in [0.2, 0.25) is 0 Å². The second-order valence-corrected chi connectivity index (χ2v) is 6.92. The van der Waals surface area contributed by atoms with Crippen molar-refractivity contribution in [2.45, 2.75) is 25.3 Å². The first-order valence-corrected chi connectivity index (χ1v) is 8.82. The maximum absolute atomic E-state index is 14.2. The highest BCUT2D eigenvalue weighted by atomic mass is 19.3. The number of benzene rings is 1. The number of rotatable bonds is 3. The van der Waals surface area contributed by atoms with Gasteiger partial charge in [-0.3, -0.25) is 18.9 Å². The molecule has 0 spiro atoms. The van der Waals surface area contributed by atoms with Gasteiger partial charge in [-0.25, -0.2) is 18.0 Å². The van der Waals surface area contributed by atoms with Crippen LogP contribution in [0.25, 0.3) is 11.2 Å². The summed E-state index contributed by atoms with van der Waals surface area (Å²) in [4.78, 5) is 32.7. The Morgan fingerprint density at radius 3 is 2.54 bits per heavy atom. The number of H-pyrrole nitrogens is 1. The van der Waals surface area contributed by atoms with Crippen LogP contribution < -0.4 is 16.1 Å². The van der Waals surface area contributed by atoms with E-state index in [1.165, 1.54) is 22.2 Å². The van der Waals surface area contributed by atoms with Crippen molar-refractivity contribution in [3.8, 4) is 0 Å². The van der Waals surface area contributed by atoms with E-state index < -0.39 is 23.0 Å². The summed E-state index contributed by atoms with van der Waals surface area (Å²) in [6, 6.07) is 6.09. The fourth-order valence-corrected chi connectivity index (χ4v) is 3.45. The van der Waals surface area contributed by atoms with Gasteiger partial charge in [-0.2, -0.15) is 4.98 Å². The molecule has 0 atom stereocenters. The van der Waals surface area contributed by atoms with Crippen LogP contribution in [0.15, 0.2) is 33.9 Å². The first kappa shape index (κ1) is 18.3. The number of hydrogen-bond acceptors (Lipinski definition) is 4. The summed E-state index contributed by atoms with van der Waals surface area (Å²) >= 11 is 0. The highest BCUT2D eigenvalue weighted by Gasteiger charge is 2.36. The van der Waals surface area contributed by atoms with Crippen molar-refractivity contribution in [1.29, 1.82) is 0 Å². The second kappa shape index (κ2) is 6.54. The summed E-state index contributed by atoms with van der Waals surface area (Å²) in [7, 11) is 1.45. The normalized spacial score (nSPS) is 16.6. The van der Waals surface area contributed by atoms with E-state index in [2.05, 4.69) is 9.97 Å². The zero-order valence-electron chi connectivity index (χ0n) is 15.1. The van der Waals surface area contributed by atoms with E-state index in [1.54, 1.807) is 23.1 Å². The molecular formula is C18H18F3N5O2. The molecule has 0 saturated carbocycles. The number of alkyl halides is 2. The van der Waals surface area contributed by atoms with Gasteiger partial charge in [-0.1, -0.05) is 18.2 Å². The van der Waals surface area contributed by atoms with Crippen LogP contribution in [0.1, 0.15) is 18.4 Å². The third kappa shape index (κ3) is 3.08. The Bertz CT molecular complexity index is 1150. The summed E-state index contributed by atoms with van der Waals surface area (Å²) in [6.07, 6.45) is -0.684.